The largest absolute Gasteiger partial charge is 0.264 e. The summed E-state index contributed by atoms with van der Waals surface area (Å²) in [5, 5.41) is 7.64. The van der Waals surface area contributed by atoms with Gasteiger partial charge in [0.05, 0.1) is 5.69 Å². The fourth-order valence-electron chi connectivity index (χ4n) is 8.20. The number of allylic oxidation sites excluding steroid dienone is 16. The summed E-state index contributed by atoms with van der Waals surface area (Å²) in [6, 6.07) is 38.9. The number of nitrogens with zero attached hydrogens (tertiary/aromatic N) is 3. The van der Waals surface area contributed by atoms with Gasteiger partial charge in [-0.2, -0.15) is 0 Å². The Hall–Kier alpha value is -7.49. The summed E-state index contributed by atoms with van der Waals surface area (Å²) in [5.74, 6) is 0.975. The minimum absolute atomic E-state index is 0.294. The van der Waals surface area contributed by atoms with Crippen LogP contribution in [0.15, 0.2) is 213 Å². The molecule has 1 aliphatic carbocycles. The molecule has 61 heavy (non-hydrogen) atoms. The lowest BCUT2D eigenvalue weighted by atomic mass is 9.81. The summed E-state index contributed by atoms with van der Waals surface area (Å²) in [4.78, 5) is 14.5. The molecule has 0 spiro atoms. The molecule has 2 heterocycles. The molecule has 0 bridgehead atoms. The zero-order chi connectivity index (χ0) is 41.8. The quantitative estimate of drug-likeness (QED) is 0.0863. The highest BCUT2D eigenvalue weighted by Gasteiger charge is 2.18. The average molecular weight is 788 g/mol. The van der Waals surface area contributed by atoms with Crippen molar-refractivity contribution in [2.24, 2.45) is 0 Å². The highest BCUT2D eigenvalue weighted by atomic mass is 14.9. The number of benzene rings is 5. The van der Waals surface area contributed by atoms with E-state index in [4.69, 9.17) is 9.97 Å². The van der Waals surface area contributed by atoms with Gasteiger partial charge in [0.15, 0.2) is 5.82 Å². The average Bonchev–Trinajstić information content (AvgIpc) is 3.31. The van der Waals surface area contributed by atoms with Crippen LogP contribution >= 0.6 is 0 Å². The third kappa shape index (κ3) is 9.38. The van der Waals surface area contributed by atoms with Gasteiger partial charge in [0.25, 0.3) is 0 Å². The Balaban J connectivity index is 1.09. The van der Waals surface area contributed by atoms with Crippen molar-refractivity contribution in [1.82, 2.24) is 15.0 Å². The van der Waals surface area contributed by atoms with Crippen molar-refractivity contribution in [1.29, 1.82) is 0 Å². The first-order valence-corrected chi connectivity index (χ1v) is 21.0. The molecule has 1 aliphatic rings. The summed E-state index contributed by atoms with van der Waals surface area (Å²) in [6.07, 6.45) is 39.1. The summed E-state index contributed by atoms with van der Waals surface area (Å²) in [5.41, 5.74) is 9.84. The van der Waals surface area contributed by atoms with Gasteiger partial charge in [-0.15, -0.1) is 0 Å². The third-order valence-corrected chi connectivity index (χ3v) is 11.1. The molecule has 1 atom stereocenters. The van der Waals surface area contributed by atoms with E-state index in [9.17, 15) is 0 Å². The highest BCUT2D eigenvalue weighted by Crippen LogP contribution is 2.37. The molecule has 0 fully saturated rings. The van der Waals surface area contributed by atoms with Crippen molar-refractivity contribution < 1.29 is 0 Å². The standard InChI is InChI=1S/C58H49N3/c1-4-19-44(47-27-18-38-59-41-47)24-15-28-48-40-49(29-16-25-45(20-5-2)51-35-17-26-46-23-9-10-30-50(46)51)61-58(60-48)43(6-3)22-8-7-21-42-36-37-56-54-33-12-11-31-52(54)53-32-13-14-34-55(53)57(56)39-42/h4-27,29-34,36-41,51H,1,28,35H2,2-3H3/b20-5-,21-7+,22-8-,24-15-,29-16+,43-6+,44-19+,45-25+. The van der Waals surface area contributed by atoms with E-state index in [2.05, 4.69) is 207 Å². The molecule has 0 N–H and O–H groups in total. The van der Waals surface area contributed by atoms with E-state index in [1.807, 2.05) is 25.3 Å². The van der Waals surface area contributed by atoms with Crippen molar-refractivity contribution in [2.45, 2.75) is 32.6 Å². The normalized spacial score (nSPS) is 15.2. The third-order valence-electron chi connectivity index (χ3n) is 11.1. The first-order chi connectivity index (χ1) is 30.1. The van der Waals surface area contributed by atoms with Gasteiger partial charge < -0.3 is 0 Å². The zero-order valence-corrected chi connectivity index (χ0v) is 34.8. The molecule has 7 aromatic rings. The van der Waals surface area contributed by atoms with Crippen LogP contribution in [0.1, 0.15) is 65.7 Å². The molecule has 3 nitrogen and oxygen atoms in total. The van der Waals surface area contributed by atoms with Crippen LogP contribution in [0, 0.1) is 0 Å². The van der Waals surface area contributed by atoms with Crippen molar-refractivity contribution in [3.05, 3.63) is 252 Å². The van der Waals surface area contributed by atoms with E-state index in [1.54, 1.807) is 12.3 Å². The van der Waals surface area contributed by atoms with Crippen LogP contribution in [0.2, 0.25) is 0 Å². The van der Waals surface area contributed by atoms with Crippen LogP contribution in [-0.2, 0) is 6.42 Å². The van der Waals surface area contributed by atoms with E-state index in [0.717, 1.165) is 40.1 Å². The monoisotopic (exact) mass is 787 g/mol. The van der Waals surface area contributed by atoms with Gasteiger partial charge in [-0.3, -0.25) is 4.98 Å². The number of aromatic nitrogens is 3. The molecule has 0 amide bonds. The van der Waals surface area contributed by atoms with E-state index in [-0.39, 0.29) is 0 Å². The van der Waals surface area contributed by atoms with Crippen LogP contribution in [-0.4, -0.2) is 15.0 Å². The smallest absolute Gasteiger partial charge is 0.159 e. The fourth-order valence-corrected chi connectivity index (χ4v) is 8.20. The highest BCUT2D eigenvalue weighted by molar-refractivity contribution is 6.25. The molecule has 0 saturated heterocycles. The predicted octanol–water partition coefficient (Wildman–Crippen LogP) is 15.1. The maximum absolute atomic E-state index is 5.09. The number of hydrogen-bond donors (Lipinski definition) is 0. The van der Waals surface area contributed by atoms with Gasteiger partial charge in [0.1, 0.15) is 0 Å². The lowest BCUT2D eigenvalue weighted by Gasteiger charge is -2.23. The minimum Gasteiger partial charge on any atom is -0.264 e. The van der Waals surface area contributed by atoms with Gasteiger partial charge in [-0.1, -0.05) is 189 Å². The number of rotatable bonds is 13. The predicted molar refractivity (Wildman–Crippen MR) is 263 cm³/mol. The Bertz CT molecular complexity index is 2970. The van der Waals surface area contributed by atoms with Crippen LogP contribution in [0.5, 0.6) is 0 Å². The second-order valence-corrected chi connectivity index (χ2v) is 15.0. The van der Waals surface area contributed by atoms with Crippen LogP contribution in [0.25, 0.3) is 61.7 Å². The van der Waals surface area contributed by atoms with E-state index >= 15 is 0 Å². The molecule has 5 aromatic carbocycles. The SMILES string of the molecule is C=C/C=C(\C=C/Cc1cc(/C=C/C=C(\C=C/C)C2CC=Cc3ccccc32)nc(C(/C=C\C=C\c2ccc3c4ccccc4c4ccccc4c3c2)=C/C)n1)c1cccnc1. The Morgan fingerprint density at radius 1 is 0.689 bits per heavy atom. The Kier molecular flexibility index (Phi) is 12.9. The Morgan fingerprint density at radius 3 is 2.18 bits per heavy atom. The van der Waals surface area contributed by atoms with Crippen LogP contribution in [0.4, 0.5) is 0 Å². The molecule has 296 valence electrons. The lowest BCUT2D eigenvalue weighted by molar-refractivity contribution is 0.818. The molecule has 0 saturated carbocycles. The van der Waals surface area contributed by atoms with Gasteiger partial charge >= 0.3 is 0 Å². The fraction of sp³-hybridized carbons (Fsp3) is 0.0862. The second-order valence-electron chi connectivity index (χ2n) is 15.0. The molecule has 2 aromatic heterocycles. The van der Waals surface area contributed by atoms with Gasteiger partial charge in [0, 0.05) is 36.0 Å². The number of pyridine rings is 1. The van der Waals surface area contributed by atoms with E-state index in [0.29, 0.717) is 18.2 Å². The van der Waals surface area contributed by atoms with Crippen molar-refractivity contribution >= 4 is 61.7 Å². The van der Waals surface area contributed by atoms with Crippen LogP contribution < -0.4 is 0 Å². The van der Waals surface area contributed by atoms with Crippen molar-refractivity contribution in [2.75, 3.05) is 0 Å². The molecular formula is C58H49N3. The molecule has 3 heteroatoms. The summed E-state index contributed by atoms with van der Waals surface area (Å²) < 4.78 is 0. The molecule has 0 aliphatic heterocycles. The number of hydrogen-bond acceptors (Lipinski definition) is 3. The summed E-state index contributed by atoms with van der Waals surface area (Å²) in [7, 11) is 0. The Morgan fingerprint density at radius 2 is 1.44 bits per heavy atom. The number of fused-ring (bicyclic) bond motifs is 7. The van der Waals surface area contributed by atoms with E-state index in [1.165, 1.54) is 49.0 Å². The van der Waals surface area contributed by atoms with Gasteiger partial charge in [-0.25, -0.2) is 9.97 Å². The van der Waals surface area contributed by atoms with Crippen molar-refractivity contribution in [3.8, 4) is 0 Å². The topological polar surface area (TPSA) is 38.7 Å². The molecule has 1 unspecified atom stereocenters. The molecule has 0 radical (unpaired) electrons. The van der Waals surface area contributed by atoms with Crippen LogP contribution in [0.3, 0.4) is 0 Å². The van der Waals surface area contributed by atoms with Gasteiger partial charge in [0.2, 0.25) is 0 Å². The summed E-state index contributed by atoms with van der Waals surface area (Å²) in [6.45, 7) is 8.05. The Labute approximate surface area is 360 Å². The van der Waals surface area contributed by atoms with Crippen molar-refractivity contribution in [3.63, 3.8) is 0 Å². The maximum Gasteiger partial charge on any atom is 0.159 e. The minimum atomic E-state index is 0.294. The zero-order valence-electron chi connectivity index (χ0n) is 34.8. The summed E-state index contributed by atoms with van der Waals surface area (Å²) >= 11 is 0. The first kappa shape index (κ1) is 40.3. The van der Waals surface area contributed by atoms with E-state index < -0.39 is 0 Å². The second kappa shape index (κ2) is 19.5. The molecule has 8 rings (SSSR count). The molecular weight excluding hydrogens is 739 g/mol. The van der Waals surface area contributed by atoms with Gasteiger partial charge in [-0.05, 0) is 110 Å². The first-order valence-electron chi connectivity index (χ1n) is 21.0. The lowest BCUT2D eigenvalue weighted by Crippen LogP contribution is -2.05. The maximum atomic E-state index is 5.09.